The molecule has 0 aliphatic heterocycles. The van der Waals surface area contributed by atoms with Gasteiger partial charge in [-0.3, -0.25) is 9.59 Å². The summed E-state index contributed by atoms with van der Waals surface area (Å²) in [7, 11) is 0. The van der Waals surface area contributed by atoms with Crippen molar-refractivity contribution in [3.8, 4) is 0 Å². The number of aromatic nitrogens is 2. The van der Waals surface area contributed by atoms with Crippen molar-refractivity contribution in [3.05, 3.63) is 87.3 Å². The Morgan fingerprint density at radius 2 is 1.04 bits per heavy atom. The SMILES string of the molecule is O=c1c2c([nH]c3c(Cl)cc(Cl)cc13)Cc1c([nH]c3c(Cl)cc(Cl)cc3c1=O)C2. The number of hydrogen-bond acceptors (Lipinski definition) is 2. The van der Waals surface area contributed by atoms with Crippen LogP contribution in [0.15, 0.2) is 33.9 Å². The summed E-state index contributed by atoms with van der Waals surface area (Å²) in [6.07, 6.45) is 0.564. The summed E-state index contributed by atoms with van der Waals surface area (Å²) in [5, 5.41) is 2.35. The maximum absolute atomic E-state index is 13.1. The highest BCUT2D eigenvalue weighted by atomic mass is 35.5. The highest BCUT2D eigenvalue weighted by molar-refractivity contribution is 6.39. The molecule has 2 heterocycles. The lowest BCUT2D eigenvalue weighted by molar-refractivity contribution is 0.905. The number of nitrogens with one attached hydrogen (secondary N) is 2. The van der Waals surface area contributed by atoms with Gasteiger partial charge >= 0.3 is 0 Å². The molecule has 2 N–H and O–H groups in total. The third kappa shape index (κ3) is 2.60. The number of H-pyrrole nitrogens is 2. The van der Waals surface area contributed by atoms with E-state index in [2.05, 4.69) is 9.97 Å². The van der Waals surface area contributed by atoms with Crippen LogP contribution in [-0.4, -0.2) is 9.97 Å². The van der Waals surface area contributed by atoms with E-state index in [1.165, 1.54) is 0 Å². The quantitative estimate of drug-likeness (QED) is 0.327. The number of rotatable bonds is 0. The molecule has 140 valence electrons. The summed E-state index contributed by atoms with van der Waals surface area (Å²) >= 11 is 24.7. The highest BCUT2D eigenvalue weighted by Crippen LogP contribution is 2.31. The molecule has 0 saturated carbocycles. The van der Waals surface area contributed by atoms with Crippen molar-refractivity contribution < 1.29 is 0 Å². The molecule has 4 aromatic rings. The second-order valence-corrected chi connectivity index (χ2v) is 8.48. The molecule has 0 saturated heterocycles. The number of pyridine rings is 2. The van der Waals surface area contributed by atoms with Crippen molar-refractivity contribution in [2.75, 3.05) is 0 Å². The van der Waals surface area contributed by atoms with E-state index in [1.807, 2.05) is 0 Å². The zero-order valence-corrected chi connectivity index (χ0v) is 17.1. The first kappa shape index (κ1) is 18.1. The van der Waals surface area contributed by atoms with E-state index in [1.54, 1.807) is 24.3 Å². The molecule has 0 atom stereocenters. The molecular formula is C20H10Cl4N2O2. The average Bonchev–Trinajstić information content (AvgIpc) is 2.63. The smallest absolute Gasteiger partial charge is 0.193 e. The number of benzene rings is 2. The Hall–Kier alpha value is -1.98. The van der Waals surface area contributed by atoms with E-state index < -0.39 is 0 Å². The molecule has 8 heteroatoms. The van der Waals surface area contributed by atoms with Crippen LogP contribution in [0.5, 0.6) is 0 Å². The zero-order valence-electron chi connectivity index (χ0n) is 14.1. The van der Waals surface area contributed by atoms with Gasteiger partial charge in [-0.1, -0.05) is 46.4 Å². The molecule has 2 aromatic carbocycles. The monoisotopic (exact) mass is 450 g/mol. The van der Waals surface area contributed by atoms with Gasteiger partial charge in [0.25, 0.3) is 0 Å². The van der Waals surface area contributed by atoms with Crippen LogP contribution in [0.1, 0.15) is 22.5 Å². The minimum Gasteiger partial charge on any atom is -0.356 e. The van der Waals surface area contributed by atoms with Crippen molar-refractivity contribution in [2.24, 2.45) is 0 Å². The van der Waals surface area contributed by atoms with Gasteiger partial charge in [-0.05, 0) is 24.3 Å². The van der Waals surface area contributed by atoms with Crippen LogP contribution in [0.4, 0.5) is 0 Å². The molecule has 5 rings (SSSR count). The molecule has 2 aromatic heterocycles. The Bertz CT molecular complexity index is 1340. The van der Waals surface area contributed by atoms with E-state index in [0.29, 0.717) is 64.4 Å². The van der Waals surface area contributed by atoms with Crippen LogP contribution in [0.3, 0.4) is 0 Å². The van der Waals surface area contributed by atoms with Gasteiger partial charge in [0, 0.05) is 56.2 Å². The Balaban J connectivity index is 1.81. The molecule has 0 bridgehead atoms. The van der Waals surface area contributed by atoms with Crippen molar-refractivity contribution in [1.82, 2.24) is 9.97 Å². The summed E-state index contributed by atoms with van der Waals surface area (Å²) < 4.78 is 0. The highest BCUT2D eigenvalue weighted by Gasteiger charge is 2.25. The fourth-order valence-electron chi connectivity index (χ4n) is 3.84. The minimum absolute atomic E-state index is 0.151. The second kappa shape index (κ2) is 6.26. The summed E-state index contributed by atoms with van der Waals surface area (Å²) in [4.78, 5) is 32.6. The van der Waals surface area contributed by atoms with Gasteiger partial charge in [0.1, 0.15) is 0 Å². The van der Waals surface area contributed by atoms with Crippen LogP contribution < -0.4 is 10.9 Å². The first-order valence-electron chi connectivity index (χ1n) is 8.39. The Kier molecular flexibility index (Phi) is 4.04. The molecule has 1 aliphatic carbocycles. The van der Waals surface area contributed by atoms with Gasteiger partial charge in [0.15, 0.2) is 10.9 Å². The standard InChI is InChI=1S/C20H10Cl4N2O2/c21-7-1-11-17(13(23)3-7)25-15-6-10-16(5-9(15)19(11)27)26-18-12(20(10)28)2-8(22)4-14(18)24/h1-4H,5-6H2,(H,25,27)(H,26,28). The fraction of sp³-hybridized carbons (Fsp3) is 0.100. The molecule has 28 heavy (non-hydrogen) atoms. The van der Waals surface area contributed by atoms with Crippen molar-refractivity contribution in [1.29, 1.82) is 0 Å². The van der Waals surface area contributed by atoms with E-state index >= 15 is 0 Å². The van der Waals surface area contributed by atoms with E-state index in [0.717, 1.165) is 0 Å². The zero-order chi connectivity index (χ0) is 19.7. The molecule has 0 spiro atoms. The maximum Gasteiger partial charge on any atom is 0.193 e. The first-order chi connectivity index (χ1) is 13.3. The lowest BCUT2D eigenvalue weighted by Gasteiger charge is -2.20. The molecule has 0 radical (unpaired) electrons. The van der Waals surface area contributed by atoms with Crippen LogP contribution >= 0.6 is 46.4 Å². The number of aromatic amines is 2. The van der Waals surface area contributed by atoms with Crippen LogP contribution in [-0.2, 0) is 12.8 Å². The third-order valence-corrected chi connectivity index (χ3v) is 6.17. The fourth-order valence-corrected chi connectivity index (χ4v) is 4.92. The largest absolute Gasteiger partial charge is 0.356 e. The third-order valence-electron chi connectivity index (χ3n) is 5.13. The van der Waals surface area contributed by atoms with Gasteiger partial charge in [0.05, 0.1) is 21.1 Å². The summed E-state index contributed by atoms with van der Waals surface area (Å²) in [6, 6.07) is 6.35. The lowest BCUT2D eigenvalue weighted by Crippen LogP contribution is -2.26. The Morgan fingerprint density at radius 3 is 1.43 bits per heavy atom. The van der Waals surface area contributed by atoms with Crippen LogP contribution in [0.2, 0.25) is 20.1 Å². The summed E-state index contributed by atoms with van der Waals surface area (Å²) in [5.74, 6) is 0. The molecule has 0 amide bonds. The summed E-state index contributed by atoms with van der Waals surface area (Å²) in [6.45, 7) is 0. The van der Waals surface area contributed by atoms with Gasteiger partial charge in [0.2, 0.25) is 0 Å². The molecule has 1 aliphatic rings. The topological polar surface area (TPSA) is 65.7 Å². The Labute approximate surface area is 178 Å². The number of hydrogen-bond donors (Lipinski definition) is 2. The van der Waals surface area contributed by atoms with Crippen LogP contribution in [0.25, 0.3) is 21.8 Å². The van der Waals surface area contributed by atoms with E-state index in [4.69, 9.17) is 46.4 Å². The predicted octanol–water partition coefficient (Wildman–Crippen LogP) is 5.48. The van der Waals surface area contributed by atoms with E-state index in [-0.39, 0.29) is 23.7 Å². The number of fused-ring (bicyclic) bond motifs is 4. The minimum atomic E-state index is -0.151. The first-order valence-corrected chi connectivity index (χ1v) is 9.90. The lowest BCUT2D eigenvalue weighted by atomic mass is 9.90. The number of halogens is 4. The molecular weight excluding hydrogens is 442 g/mol. The van der Waals surface area contributed by atoms with Crippen LogP contribution in [0, 0.1) is 0 Å². The van der Waals surface area contributed by atoms with Crippen molar-refractivity contribution in [3.63, 3.8) is 0 Å². The second-order valence-electron chi connectivity index (χ2n) is 6.80. The van der Waals surface area contributed by atoms with Crippen molar-refractivity contribution in [2.45, 2.75) is 12.8 Å². The maximum atomic E-state index is 13.1. The molecule has 0 unspecified atom stereocenters. The predicted molar refractivity (Wildman–Crippen MR) is 115 cm³/mol. The Morgan fingerprint density at radius 1 is 0.643 bits per heavy atom. The van der Waals surface area contributed by atoms with Gasteiger partial charge in [-0.15, -0.1) is 0 Å². The molecule has 4 nitrogen and oxygen atoms in total. The molecule has 0 fully saturated rings. The normalized spacial score (nSPS) is 13.0. The van der Waals surface area contributed by atoms with E-state index in [9.17, 15) is 9.59 Å². The van der Waals surface area contributed by atoms with Gasteiger partial charge < -0.3 is 9.97 Å². The summed E-state index contributed by atoms with van der Waals surface area (Å²) in [5.41, 5.74) is 3.24. The van der Waals surface area contributed by atoms with Crippen molar-refractivity contribution >= 4 is 68.2 Å². The average molecular weight is 452 g/mol. The van der Waals surface area contributed by atoms with Gasteiger partial charge in [-0.2, -0.15) is 0 Å². The van der Waals surface area contributed by atoms with Gasteiger partial charge in [-0.25, -0.2) is 0 Å².